The minimum Gasteiger partial charge on any atom is -0.330 e. The molecule has 0 aromatic heterocycles. The Balaban J connectivity index is 2.47. The van der Waals surface area contributed by atoms with Crippen LogP contribution in [0.25, 0.3) is 0 Å². The van der Waals surface area contributed by atoms with Gasteiger partial charge in [-0.25, -0.2) is 0 Å². The Labute approximate surface area is 95.5 Å². The topological polar surface area (TPSA) is 43.1 Å². The number of halogens is 1. The molecule has 0 radical (unpaired) electrons. The van der Waals surface area contributed by atoms with Gasteiger partial charge in [-0.15, -0.1) is 0 Å². The molecule has 0 saturated heterocycles. The molecule has 1 atom stereocenters. The lowest BCUT2D eigenvalue weighted by atomic mass is 10.2. The standard InChI is InChI=1S/C10H14BrNOS/c11-10-4-1-3-9(7-10)8-14(13)6-2-5-12/h1,3-4,7H,2,5-6,8,12H2. The molecule has 4 heteroatoms. The van der Waals surface area contributed by atoms with Crippen molar-refractivity contribution in [2.24, 2.45) is 5.73 Å². The van der Waals surface area contributed by atoms with Gasteiger partial charge in [0, 0.05) is 26.8 Å². The summed E-state index contributed by atoms with van der Waals surface area (Å²) in [5, 5.41) is 0. The van der Waals surface area contributed by atoms with E-state index < -0.39 is 10.8 Å². The van der Waals surface area contributed by atoms with Crippen molar-refractivity contribution in [1.82, 2.24) is 0 Å². The van der Waals surface area contributed by atoms with E-state index in [1.54, 1.807) is 0 Å². The van der Waals surface area contributed by atoms with Crippen LogP contribution in [-0.4, -0.2) is 16.5 Å². The molecule has 1 unspecified atom stereocenters. The predicted octanol–water partition coefficient (Wildman–Crippen LogP) is 2.05. The van der Waals surface area contributed by atoms with Crippen molar-refractivity contribution in [3.8, 4) is 0 Å². The highest BCUT2D eigenvalue weighted by Gasteiger charge is 2.01. The van der Waals surface area contributed by atoms with Gasteiger partial charge in [-0.2, -0.15) is 0 Å². The molecule has 0 spiro atoms. The van der Waals surface area contributed by atoms with Crippen molar-refractivity contribution < 1.29 is 4.21 Å². The zero-order valence-corrected chi connectivity index (χ0v) is 10.3. The smallest absolute Gasteiger partial charge is 0.0486 e. The number of benzene rings is 1. The molecule has 14 heavy (non-hydrogen) atoms. The summed E-state index contributed by atoms with van der Waals surface area (Å²) in [6, 6.07) is 7.91. The van der Waals surface area contributed by atoms with Crippen molar-refractivity contribution in [2.75, 3.05) is 12.3 Å². The Morgan fingerprint density at radius 3 is 2.86 bits per heavy atom. The first kappa shape index (κ1) is 11.9. The molecule has 2 N–H and O–H groups in total. The highest BCUT2D eigenvalue weighted by Crippen LogP contribution is 2.13. The summed E-state index contributed by atoms with van der Waals surface area (Å²) in [7, 11) is -0.780. The van der Waals surface area contributed by atoms with E-state index >= 15 is 0 Å². The molecule has 0 heterocycles. The second-order valence-corrected chi connectivity index (χ2v) is 5.55. The molecule has 0 amide bonds. The first-order valence-electron chi connectivity index (χ1n) is 4.52. The Kier molecular flexibility index (Phi) is 5.37. The number of nitrogens with two attached hydrogens (primary N) is 1. The maximum atomic E-state index is 11.5. The zero-order chi connectivity index (χ0) is 10.4. The van der Waals surface area contributed by atoms with Crippen LogP contribution in [0.4, 0.5) is 0 Å². The molecule has 2 nitrogen and oxygen atoms in total. The average Bonchev–Trinajstić information content (AvgIpc) is 2.15. The van der Waals surface area contributed by atoms with Gasteiger partial charge in [-0.05, 0) is 30.7 Å². The van der Waals surface area contributed by atoms with Gasteiger partial charge in [0.25, 0.3) is 0 Å². The number of hydrogen-bond donors (Lipinski definition) is 1. The third-order valence-corrected chi connectivity index (χ3v) is 3.69. The van der Waals surface area contributed by atoms with Crippen LogP contribution >= 0.6 is 15.9 Å². The molecule has 0 bridgehead atoms. The fourth-order valence-corrected chi connectivity index (χ4v) is 2.76. The van der Waals surface area contributed by atoms with Crippen LogP contribution in [0.15, 0.2) is 28.7 Å². The summed E-state index contributed by atoms with van der Waals surface area (Å²) < 4.78 is 12.6. The predicted molar refractivity (Wildman–Crippen MR) is 64.5 cm³/mol. The van der Waals surface area contributed by atoms with Gasteiger partial charge in [0.05, 0.1) is 0 Å². The van der Waals surface area contributed by atoms with E-state index in [0.717, 1.165) is 16.5 Å². The lowest BCUT2D eigenvalue weighted by molar-refractivity contribution is 0.680. The summed E-state index contributed by atoms with van der Waals surface area (Å²) in [5.41, 5.74) is 6.46. The summed E-state index contributed by atoms with van der Waals surface area (Å²) in [4.78, 5) is 0. The third kappa shape index (κ3) is 4.35. The van der Waals surface area contributed by atoms with Crippen LogP contribution in [0.3, 0.4) is 0 Å². The largest absolute Gasteiger partial charge is 0.330 e. The molecule has 0 aliphatic rings. The Morgan fingerprint density at radius 1 is 1.43 bits per heavy atom. The van der Waals surface area contributed by atoms with E-state index in [4.69, 9.17) is 5.73 Å². The fourth-order valence-electron chi connectivity index (χ4n) is 1.13. The lowest BCUT2D eigenvalue weighted by Crippen LogP contribution is -2.07. The van der Waals surface area contributed by atoms with Gasteiger partial charge in [-0.1, -0.05) is 28.1 Å². The second kappa shape index (κ2) is 6.32. The van der Waals surface area contributed by atoms with Crippen LogP contribution in [-0.2, 0) is 16.6 Å². The summed E-state index contributed by atoms with van der Waals surface area (Å²) in [6.07, 6.45) is 0.834. The van der Waals surface area contributed by atoms with Crippen molar-refractivity contribution >= 4 is 26.7 Å². The van der Waals surface area contributed by atoms with Crippen molar-refractivity contribution in [3.05, 3.63) is 34.3 Å². The van der Waals surface area contributed by atoms with E-state index in [1.807, 2.05) is 24.3 Å². The quantitative estimate of drug-likeness (QED) is 0.894. The third-order valence-electron chi connectivity index (χ3n) is 1.79. The van der Waals surface area contributed by atoms with Gasteiger partial charge in [0.1, 0.15) is 0 Å². The first-order valence-corrected chi connectivity index (χ1v) is 6.80. The van der Waals surface area contributed by atoms with Gasteiger partial charge in [-0.3, -0.25) is 4.21 Å². The molecular weight excluding hydrogens is 262 g/mol. The molecule has 0 aliphatic heterocycles. The maximum absolute atomic E-state index is 11.5. The van der Waals surface area contributed by atoms with Gasteiger partial charge in [0.15, 0.2) is 0 Å². The normalized spacial score (nSPS) is 12.7. The lowest BCUT2D eigenvalue weighted by Gasteiger charge is -2.02. The van der Waals surface area contributed by atoms with Crippen LogP contribution in [0.2, 0.25) is 0 Å². The highest BCUT2D eigenvalue weighted by atomic mass is 79.9. The highest BCUT2D eigenvalue weighted by molar-refractivity contribution is 9.10. The fraction of sp³-hybridized carbons (Fsp3) is 0.400. The molecule has 0 aliphatic carbocycles. The maximum Gasteiger partial charge on any atom is 0.0486 e. The monoisotopic (exact) mass is 275 g/mol. The van der Waals surface area contributed by atoms with E-state index in [2.05, 4.69) is 15.9 Å². The second-order valence-electron chi connectivity index (χ2n) is 3.06. The molecule has 78 valence electrons. The van der Waals surface area contributed by atoms with Crippen LogP contribution < -0.4 is 5.73 Å². The van der Waals surface area contributed by atoms with Gasteiger partial charge in [0.2, 0.25) is 0 Å². The molecule has 1 aromatic rings. The van der Waals surface area contributed by atoms with Crippen LogP contribution in [0.5, 0.6) is 0 Å². The zero-order valence-electron chi connectivity index (χ0n) is 7.91. The Bertz CT molecular complexity index is 317. The number of rotatable bonds is 5. The first-order chi connectivity index (χ1) is 6.72. The van der Waals surface area contributed by atoms with Gasteiger partial charge < -0.3 is 5.73 Å². The van der Waals surface area contributed by atoms with Crippen LogP contribution in [0, 0.1) is 0 Å². The SMILES string of the molecule is NCCCS(=O)Cc1cccc(Br)c1. The summed E-state index contributed by atoms with van der Waals surface area (Å²) in [6.45, 7) is 0.615. The Morgan fingerprint density at radius 2 is 2.21 bits per heavy atom. The van der Waals surface area contributed by atoms with Crippen molar-refractivity contribution in [2.45, 2.75) is 12.2 Å². The summed E-state index contributed by atoms with van der Waals surface area (Å²) >= 11 is 3.39. The molecular formula is C10H14BrNOS. The van der Waals surface area contributed by atoms with Gasteiger partial charge >= 0.3 is 0 Å². The Hall–Kier alpha value is -0.190. The van der Waals surface area contributed by atoms with Crippen LogP contribution in [0.1, 0.15) is 12.0 Å². The van der Waals surface area contributed by atoms with E-state index in [1.165, 1.54) is 0 Å². The summed E-state index contributed by atoms with van der Waals surface area (Å²) in [5.74, 6) is 1.32. The minimum absolute atomic E-state index is 0.615. The van der Waals surface area contributed by atoms with Crippen molar-refractivity contribution in [3.63, 3.8) is 0 Å². The molecule has 0 fully saturated rings. The van der Waals surface area contributed by atoms with Crippen molar-refractivity contribution in [1.29, 1.82) is 0 Å². The molecule has 1 aromatic carbocycles. The average molecular weight is 276 g/mol. The van der Waals surface area contributed by atoms with E-state index in [9.17, 15) is 4.21 Å². The van der Waals surface area contributed by atoms with E-state index in [0.29, 0.717) is 18.1 Å². The number of hydrogen-bond acceptors (Lipinski definition) is 2. The molecule has 1 rings (SSSR count). The van der Waals surface area contributed by atoms with E-state index in [-0.39, 0.29) is 0 Å². The minimum atomic E-state index is -0.780. The molecule has 0 saturated carbocycles.